The number of nitrogens with zero attached hydrogens (tertiary/aromatic N) is 3. The highest BCUT2D eigenvalue weighted by Crippen LogP contribution is 2.38. The minimum absolute atomic E-state index is 0.0727. The Balaban J connectivity index is 1.53. The molecular formula is C33H40ClN3O7S. The molecule has 3 aromatic rings. The standard InChI is InChI=1S/C33H40ClN3O7S/c1-32(2,3)44-29(38)22-41-14-8-7-9-15-42-30-24(18-35)16-26(17-28(30)34)33(4,5)25-10-12-27(13-11-25)43-21-23-19-36-31(37-20-23)45(6,39)40/h10-13,16-17,19-20H,7-9,14-15,21-22H2,1-6H3. The summed E-state index contributed by atoms with van der Waals surface area (Å²) in [5.74, 6) is 0.597. The maximum absolute atomic E-state index is 11.7. The van der Waals surface area contributed by atoms with E-state index in [1.54, 1.807) is 6.07 Å². The molecule has 0 amide bonds. The second kappa shape index (κ2) is 15.5. The number of esters is 1. The number of aromatic nitrogens is 2. The fourth-order valence-corrected chi connectivity index (χ4v) is 5.04. The summed E-state index contributed by atoms with van der Waals surface area (Å²) >= 11 is 6.62. The molecule has 0 aliphatic heterocycles. The summed E-state index contributed by atoms with van der Waals surface area (Å²) in [7, 11) is -3.46. The van der Waals surface area contributed by atoms with Crippen molar-refractivity contribution >= 4 is 27.4 Å². The van der Waals surface area contributed by atoms with Crippen LogP contribution < -0.4 is 9.47 Å². The molecule has 242 valence electrons. The number of hydrogen-bond acceptors (Lipinski definition) is 10. The molecule has 0 unspecified atom stereocenters. The van der Waals surface area contributed by atoms with Gasteiger partial charge in [-0.25, -0.2) is 23.2 Å². The number of rotatable bonds is 15. The van der Waals surface area contributed by atoms with Crippen molar-refractivity contribution in [3.8, 4) is 17.6 Å². The van der Waals surface area contributed by atoms with Crippen LogP contribution in [0, 0.1) is 11.3 Å². The Bertz CT molecular complexity index is 1600. The Morgan fingerprint density at radius 1 is 0.933 bits per heavy atom. The predicted octanol–water partition coefficient (Wildman–Crippen LogP) is 6.22. The van der Waals surface area contributed by atoms with E-state index in [1.165, 1.54) is 12.4 Å². The lowest BCUT2D eigenvalue weighted by atomic mass is 9.77. The zero-order chi connectivity index (χ0) is 33.3. The molecule has 1 heterocycles. The van der Waals surface area contributed by atoms with Gasteiger partial charge in [0.05, 0.1) is 17.2 Å². The van der Waals surface area contributed by atoms with E-state index in [0.717, 1.165) is 36.6 Å². The van der Waals surface area contributed by atoms with Crippen molar-refractivity contribution in [1.82, 2.24) is 9.97 Å². The van der Waals surface area contributed by atoms with Crippen LogP contribution in [0.25, 0.3) is 0 Å². The van der Waals surface area contributed by atoms with Crippen LogP contribution in [0.1, 0.15) is 76.1 Å². The molecule has 0 saturated carbocycles. The molecule has 0 radical (unpaired) electrons. The zero-order valence-corrected chi connectivity index (χ0v) is 28.1. The third-order valence-corrected chi connectivity index (χ3v) is 7.85. The van der Waals surface area contributed by atoms with Crippen LogP contribution in [0.2, 0.25) is 5.02 Å². The molecular weight excluding hydrogens is 618 g/mol. The topological polar surface area (TPSA) is 138 Å². The normalized spacial score (nSPS) is 12.0. The van der Waals surface area contributed by atoms with Gasteiger partial charge in [0.1, 0.15) is 30.6 Å². The largest absolute Gasteiger partial charge is 0.491 e. The molecule has 0 aliphatic rings. The molecule has 0 fully saturated rings. The van der Waals surface area contributed by atoms with Gasteiger partial charge < -0.3 is 18.9 Å². The van der Waals surface area contributed by atoms with E-state index < -0.39 is 20.9 Å². The van der Waals surface area contributed by atoms with Crippen LogP contribution in [0.15, 0.2) is 53.9 Å². The second-order valence-corrected chi connectivity index (χ2v) is 14.4. The Morgan fingerprint density at radius 3 is 2.18 bits per heavy atom. The van der Waals surface area contributed by atoms with Crippen LogP contribution in [0.5, 0.6) is 11.5 Å². The van der Waals surface area contributed by atoms with E-state index in [-0.39, 0.29) is 24.3 Å². The average Bonchev–Trinajstić information content (AvgIpc) is 2.96. The SMILES string of the molecule is CC(C)(C)OC(=O)COCCCCCOc1c(Cl)cc(C(C)(C)c2ccc(OCc3cnc(S(C)(=O)=O)nc3)cc2)cc1C#N. The molecule has 3 rings (SSSR count). The van der Waals surface area contributed by atoms with Crippen molar-refractivity contribution in [2.75, 3.05) is 26.1 Å². The summed E-state index contributed by atoms with van der Waals surface area (Å²) in [5, 5.41) is 10.00. The van der Waals surface area contributed by atoms with Gasteiger partial charge in [-0.15, -0.1) is 0 Å². The van der Waals surface area contributed by atoms with Crippen LogP contribution in [-0.4, -0.2) is 56.0 Å². The van der Waals surface area contributed by atoms with Crippen molar-refractivity contribution in [3.63, 3.8) is 0 Å². The van der Waals surface area contributed by atoms with Crippen molar-refractivity contribution in [3.05, 3.63) is 76.1 Å². The molecule has 45 heavy (non-hydrogen) atoms. The molecule has 0 bridgehead atoms. The number of carbonyl (C=O) groups is 1. The van der Waals surface area contributed by atoms with Gasteiger partial charge in [0.25, 0.3) is 0 Å². The Labute approximate surface area is 270 Å². The van der Waals surface area contributed by atoms with E-state index in [2.05, 4.69) is 16.0 Å². The minimum atomic E-state index is -3.46. The maximum atomic E-state index is 11.7. The lowest BCUT2D eigenvalue weighted by Crippen LogP contribution is -2.26. The van der Waals surface area contributed by atoms with Crippen molar-refractivity contribution in [2.45, 2.75) is 76.7 Å². The van der Waals surface area contributed by atoms with Gasteiger partial charge in [-0.1, -0.05) is 37.6 Å². The predicted molar refractivity (Wildman–Crippen MR) is 170 cm³/mol. The zero-order valence-electron chi connectivity index (χ0n) is 26.6. The summed E-state index contributed by atoms with van der Waals surface area (Å²) in [6.45, 7) is 10.5. The summed E-state index contributed by atoms with van der Waals surface area (Å²) in [6.07, 6.45) is 6.22. The first kappa shape index (κ1) is 35.8. The van der Waals surface area contributed by atoms with Gasteiger partial charge in [-0.2, -0.15) is 5.26 Å². The van der Waals surface area contributed by atoms with Crippen LogP contribution in [0.4, 0.5) is 0 Å². The van der Waals surface area contributed by atoms with Crippen LogP contribution >= 0.6 is 11.6 Å². The lowest BCUT2D eigenvalue weighted by Gasteiger charge is -2.27. The number of nitriles is 1. The van der Waals surface area contributed by atoms with Gasteiger partial charge in [0.2, 0.25) is 15.0 Å². The van der Waals surface area contributed by atoms with Gasteiger partial charge in [0, 0.05) is 36.2 Å². The number of ether oxygens (including phenoxy) is 4. The summed E-state index contributed by atoms with van der Waals surface area (Å²) < 4.78 is 45.4. The number of sulfone groups is 1. The van der Waals surface area contributed by atoms with E-state index in [1.807, 2.05) is 65.0 Å². The molecule has 12 heteroatoms. The fourth-order valence-electron chi connectivity index (χ4n) is 4.28. The first-order valence-electron chi connectivity index (χ1n) is 14.5. The van der Waals surface area contributed by atoms with Crippen molar-refractivity contribution in [2.24, 2.45) is 0 Å². The molecule has 10 nitrogen and oxygen atoms in total. The molecule has 0 spiro atoms. The van der Waals surface area contributed by atoms with Crippen molar-refractivity contribution in [1.29, 1.82) is 5.26 Å². The lowest BCUT2D eigenvalue weighted by molar-refractivity contribution is -0.160. The van der Waals surface area contributed by atoms with Crippen LogP contribution in [-0.2, 0) is 36.1 Å². The van der Waals surface area contributed by atoms with E-state index in [9.17, 15) is 18.5 Å². The number of unbranched alkanes of at least 4 members (excludes halogenated alkanes) is 2. The Kier molecular flexibility index (Phi) is 12.3. The average molecular weight is 658 g/mol. The second-order valence-electron chi connectivity index (χ2n) is 12.1. The number of halogens is 1. The highest BCUT2D eigenvalue weighted by atomic mass is 35.5. The van der Waals surface area contributed by atoms with Gasteiger partial charge >= 0.3 is 5.97 Å². The van der Waals surface area contributed by atoms with Gasteiger partial charge in [-0.3, -0.25) is 0 Å². The minimum Gasteiger partial charge on any atom is -0.491 e. The smallest absolute Gasteiger partial charge is 0.332 e. The highest BCUT2D eigenvalue weighted by molar-refractivity contribution is 7.90. The highest BCUT2D eigenvalue weighted by Gasteiger charge is 2.26. The van der Waals surface area contributed by atoms with Crippen molar-refractivity contribution < 1.29 is 32.2 Å². The molecule has 0 aliphatic carbocycles. The Hall–Kier alpha value is -3.72. The van der Waals surface area contributed by atoms with Crippen LogP contribution in [0.3, 0.4) is 0 Å². The molecule has 1 aromatic heterocycles. The quantitative estimate of drug-likeness (QED) is 0.105. The number of benzene rings is 2. The molecule has 0 saturated heterocycles. The number of carbonyl (C=O) groups excluding carboxylic acids is 1. The summed E-state index contributed by atoms with van der Waals surface area (Å²) in [6, 6.07) is 13.4. The van der Waals surface area contributed by atoms with E-state index >= 15 is 0 Å². The van der Waals surface area contributed by atoms with E-state index in [4.69, 9.17) is 30.5 Å². The summed E-state index contributed by atoms with van der Waals surface area (Å²) in [4.78, 5) is 19.4. The third-order valence-electron chi connectivity index (χ3n) is 6.70. The maximum Gasteiger partial charge on any atom is 0.332 e. The monoisotopic (exact) mass is 657 g/mol. The fraction of sp³-hybridized carbons (Fsp3) is 0.455. The van der Waals surface area contributed by atoms with Gasteiger partial charge in [-0.05, 0) is 75.4 Å². The summed E-state index contributed by atoms with van der Waals surface area (Å²) in [5.41, 5.74) is 1.82. The molecule has 2 aromatic carbocycles. The molecule has 0 N–H and O–H groups in total. The van der Waals surface area contributed by atoms with E-state index in [0.29, 0.717) is 40.9 Å². The number of hydrogen-bond donors (Lipinski definition) is 0. The molecule has 0 atom stereocenters. The Morgan fingerprint density at radius 2 is 1.58 bits per heavy atom. The third kappa shape index (κ3) is 11.0. The first-order valence-corrected chi connectivity index (χ1v) is 16.8. The van der Waals surface area contributed by atoms with Gasteiger partial charge in [0.15, 0.2) is 5.75 Å². The first-order chi connectivity index (χ1) is 21.1.